The zero-order valence-corrected chi connectivity index (χ0v) is 11.8. The molecule has 1 N–H and O–H groups in total. The van der Waals surface area contributed by atoms with Crippen LogP contribution in [0.1, 0.15) is 6.92 Å². The number of anilines is 1. The number of halogens is 3. The van der Waals surface area contributed by atoms with Crippen LogP contribution < -0.4 is 5.32 Å². The lowest BCUT2D eigenvalue weighted by Gasteiger charge is -2.12. The number of rotatable bonds is 4. The second-order valence-electron chi connectivity index (χ2n) is 4.14. The van der Waals surface area contributed by atoms with Crippen molar-refractivity contribution in [2.45, 2.75) is 17.2 Å². The summed E-state index contributed by atoms with van der Waals surface area (Å²) in [6, 6.07) is 6.97. The fraction of sp³-hybridized carbons (Fsp3) is 0.143. The monoisotopic (exact) mass is 312 g/mol. The van der Waals surface area contributed by atoms with Gasteiger partial charge in [-0.1, -0.05) is 17.8 Å². The fourth-order valence-corrected chi connectivity index (χ4v) is 2.32. The molecule has 0 aliphatic heterocycles. The Bertz CT molecular complexity index is 652. The van der Waals surface area contributed by atoms with Crippen LogP contribution in [0.2, 0.25) is 0 Å². The minimum Gasteiger partial charge on any atom is -0.323 e. The first-order chi connectivity index (χ1) is 9.99. The van der Waals surface area contributed by atoms with Gasteiger partial charge in [-0.3, -0.25) is 4.79 Å². The Labute approximate surface area is 123 Å². The molecule has 0 radical (unpaired) electrons. The maximum atomic E-state index is 13.5. The Kier molecular flexibility index (Phi) is 4.85. The van der Waals surface area contributed by atoms with E-state index in [1.165, 1.54) is 11.8 Å². The van der Waals surface area contributed by atoms with Crippen molar-refractivity contribution in [1.29, 1.82) is 0 Å². The van der Waals surface area contributed by atoms with Gasteiger partial charge < -0.3 is 5.32 Å². The molecular formula is C14H11F3N2OS. The minimum absolute atomic E-state index is 0.396. The van der Waals surface area contributed by atoms with Gasteiger partial charge in [-0.25, -0.2) is 18.2 Å². The lowest BCUT2D eigenvalue weighted by Crippen LogP contribution is -2.23. The summed E-state index contributed by atoms with van der Waals surface area (Å²) >= 11 is 1.17. The van der Waals surface area contributed by atoms with Crippen LogP contribution in [0, 0.1) is 17.5 Å². The van der Waals surface area contributed by atoms with E-state index in [0.29, 0.717) is 5.03 Å². The van der Waals surface area contributed by atoms with Gasteiger partial charge in [-0.2, -0.15) is 0 Å². The topological polar surface area (TPSA) is 42.0 Å². The number of hydrogen-bond acceptors (Lipinski definition) is 3. The summed E-state index contributed by atoms with van der Waals surface area (Å²) in [5, 5.41) is 2.28. The van der Waals surface area contributed by atoms with Crippen LogP contribution in [-0.4, -0.2) is 16.1 Å². The SMILES string of the molecule is CC(Sc1ccccn1)C(=O)Nc1ccc(F)c(F)c1F. The van der Waals surface area contributed by atoms with E-state index in [1.807, 2.05) is 0 Å². The van der Waals surface area contributed by atoms with Gasteiger partial charge in [-0.15, -0.1) is 0 Å². The van der Waals surface area contributed by atoms with E-state index < -0.39 is 34.3 Å². The molecule has 1 amide bonds. The molecule has 110 valence electrons. The lowest BCUT2D eigenvalue weighted by molar-refractivity contribution is -0.115. The average molecular weight is 312 g/mol. The second-order valence-corrected chi connectivity index (χ2v) is 5.50. The highest BCUT2D eigenvalue weighted by Gasteiger charge is 2.19. The zero-order chi connectivity index (χ0) is 15.4. The molecule has 0 bridgehead atoms. The van der Waals surface area contributed by atoms with E-state index in [9.17, 15) is 18.0 Å². The van der Waals surface area contributed by atoms with E-state index in [4.69, 9.17) is 0 Å². The van der Waals surface area contributed by atoms with Crippen LogP contribution in [0.5, 0.6) is 0 Å². The molecule has 7 heteroatoms. The van der Waals surface area contributed by atoms with Gasteiger partial charge >= 0.3 is 0 Å². The maximum absolute atomic E-state index is 13.5. The molecule has 21 heavy (non-hydrogen) atoms. The number of aromatic nitrogens is 1. The fourth-order valence-electron chi connectivity index (χ4n) is 1.51. The summed E-state index contributed by atoms with van der Waals surface area (Å²) in [4.78, 5) is 16.0. The summed E-state index contributed by atoms with van der Waals surface area (Å²) < 4.78 is 39.3. The predicted octanol–water partition coefficient (Wildman–Crippen LogP) is 3.62. The quantitative estimate of drug-likeness (QED) is 0.692. The highest BCUT2D eigenvalue weighted by atomic mass is 32.2. The van der Waals surface area contributed by atoms with E-state index in [1.54, 1.807) is 31.3 Å². The number of nitrogens with zero attached hydrogens (tertiary/aromatic N) is 1. The first-order valence-corrected chi connectivity index (χ1v) is 6.89. The van der Waals surface area contributed by atoms with Crippen molar-refractivity contribution in [3.05, 3.63) is 54.0 Å². The molecule has 0 aliphatic rings. The molecule has 1 aromatic heterocycles. The molecule has 1 aromatic carbocycles. The van der Waals surface area contributed by atoms with Crippen molar-refractivity contribution in [1.82, 2.24) is 4.98 Å². The van der Waals surface area contributed by atoms with Crippen molar-refractivity contribution in [2.24, 2.45) is 0 Å². The number of thioether (sulfide) groups is 1. The number of carbonyl (C=O) groups excluding carboxylic acids is 1. The summed E-state index contributed by atoms with van der Waals surface area (Å²) in [6.45, 7) is 1.60. The Morgan fingerprint density at radius 2 is 1.95 bits per heavy atom. The van der Waals surface area contributed by atoms with Gasteiger partial charge in [-0.05, 0) is 31.2 Å². The Hall–Kier alpha value is -2.02. The summed E-state index contributed by atoms with van der Waals surface area (Å²) in [6.07, 6.45) is 1.59. The third-order valence-corrected chi connectivity index (χ3v) is 3.65. The minimum atomic E-state index is -1.61. The smallest absolute Gasteiger partial charge is 0.237 e. The summed E-state index contributed by atoms with van der Waals surface area (Å²) in [5.74, 6) is -4.87. The van der Waals surface area contributed by atoms with Crippen molar-refractivity contribution in [2.75, 3.05) is 5.32 Å². The van der Waals surface area contributed by atoms with E-state index in [-0.39, 0.29) is 0 Å². The third kappa shape index (κ3) is 3.75. The first kappa shape index (κ1) is 15.4. The van der Waals surface area contributed by atoms with Gasteiger partial charge in [0.25, 0.3) is 0 Å². The molecule has 1 unspecified atom stereocenters. The molecule has 3 nitrogen and oxygen atoms in total. The lowest BCUT2D eigenvalue weighted by atomic mass is 10.2. The van der Waals surface area contributed by atoms with Crippen LogP contribution in [0.15, 0.2) is 41.6 Å². The average Bonchev–Trinajstić information content (AvgIpc) is 2.48. The van der Waals surface area contributed by atoms with Crippen LogP contribution in [-0.2, 0) is 4.79 Å². The molecule has 0 fully saturated rings. The molecule has 2 rings (SSSR count). The molecule has 1 atom stereocenters. The van der Waals surface area contributed by atoms with Crippen LogP contribution in [0.4, 0.5) is 18.9 Å². The molecule has 2 aromatic rings. The normalized spacial score (nSPS) is 12.0. The molecular weight excluding hydrogens is 301 g/mol. The molecule has 1 heterocycles. The molecule has 0 spiro atoms. The second kappa shape index (κ2) is 6.62. The molecule has 0 aliphatic carbocycles. The van der Waals surface area contributed by atoms with Crippen LogP contribution in [0.25, 0.3) is 0 Å². The van der Waals surface area contributed by atoms with Crippen LogP contribution in [0.3, 0.4) is 0 Å². The molecule has 0 saturated carbocycles. The van der Waals surface area contributed by atoms with Crippen LogP contribution >= 0.6 is 11.8 Å². The van der Waals surface area contributed by atoms with Gasteiger partial charge in [0.15, 0.2) is 17.5 Å². The van der Waals surface area contributed by atoms with E-state index in [0.717, 1.165) is 12.1 Å². The van der Waals surface area contributed by atoms with Crippen molar-refractivity contribution >= 4 is 23.4 Å². The number of amides is 1. The largest absolute Gasteiger partial charge is 0.323 e. The first-order valence-electron chi connectivity index (χ1n) is 6.01. The van der Waals surface area contributed by atoms with Gasteiger partial charge in [0, 0.05) is 6.20 Å². The van der Waals surface area contributed by atoms with Gasteiger partial charge in [0.2, 0.25) is 5.91 Å². The summed E-state index contributed by atoms with van der Waals surface area (Å²) in [5.41, 5.74) is -0.396. The predicted molar refractivity (Wildman–Crippen MR) is 74.5 cm³/mol. The molecule has 0 saturated heterocycles. The van der Waals surface area contributed by atoms with Gasteiger partial charge in [0.1, 0.15) is 0 Å². The van der Waals surface area contributed by atoms with E-state index >= 15 is 0 Å². The van der Waals surface area contributed by atoms with Gasteiger partial charge in [0.05, 0.1) is 16.0 Å². The Balaban J connectivity index is 2.06. The Morgan fingerprint density at radius 3 is 2.62 bits per heavy atom. The number of nitrogens with one attached hydrogen (secondary N) is 1. The number of benzene rings is 1. The number of carbonyl (C=O) groups is 1. The standard InChI is InChI=1S/C14H11F3N2OS/c1-8(21-11-4-2-3-7-18-11)14(20)19-10-6-5-9(15)12(16)13(10)17/h2-8H,1H3,(H,19,20). The Morgan fingerprint density at radius 1 is 1.19 bits per heavy atom. The van der Waals surface area contributed by atoms with Crippen molar-refractivity contribution < 1.29 is 18.0 Å². The maximum Gasteiger partial charge on any atom is 0.237 e. The zero-order valence-electron chi connectivity index (χ0n) is 10.9. The van der Waals surface area contributed by atoms with Crippen molar-refractivity contribution in [3.8, 4) is 0 Å². The highest BCUT2D eigenvalue weighted by molar-refractivity contribution is 8.00. The third-order valence-electron chi connectivity index (χ3n) is 2.60. The van der Waals surface area contributed by atoms with E-state index in [2.05, 4.69) is 10.3 Å². The number of pyridine rings is 1. The van der Waals surface area contributed by atoms with Crippen molar-refractivity contribution in [3.63, 3.8) is 0 Å². The highest BCUT2D eigenvalue weighted by Crippen LogP contribution is 2.24. The summed E-state index contributed by atoms with van der Waals surface area (Å²) in [7, 11) is 0. The number of hydrogen-bond donors (Lipinski definition) is 1.